The fraction of sp³-hybridized carbons (Fsp3) is 0.375. The molecule has 4 rings (SSSR count). The Bertz CT molecular complexity index is 1390. The number of halogens is 4. The molecule has 1 aromatic carbocycles. The molecule has 0 fully saturated rings. The molecule has 2 atom stereocenters. The van der Waals surface area contributed by atoms with Gasteiger partial charge in [-0.2, -0.15) is 18.3 Å². The van der Waals surface area contributed by atoms with Gasteiger partial charge < -0.3 is 5.32 Å². The standard InChI is InChI=1S/C24H25F4N5O3S/c1-3-4-19(15-9-10-29-22(11-15)37(2,35)36)31-23(34)32-14-16(24(26,27)28)12-20-21(32)13-30-33(20)18-7-5-17(25)6-8-18/h5-11,13,16,19H,3-4,12,14H2,1-2H3,(H,31,34)/t16?,19-/m0/s1. The number of carbonyl (C=O) groups excluding carboxylic acids is 1. The predicted octanol–water partition coefficient (Wildman–Crippen LogP) is 4.60. The first-order valence-electron chi connectivity index (χ1n) is 11.5. The molecule has 0 saturated carbocycles. The van der Waals surface area contributed by atoms with Crippen LogP contribution < -0.4 is 10.2 Å². The summed E-state index contributed by atoms with van der Waals surface area (Å²) in [5.74, 6) is -2.35. The first kappa shape index (κ1) is 26.6. The minimum Gasteiger partial charge on any atom is -0.331 e. The molecule has 0 spiro atoms. The van der Waals surface area contributed by atoms with E-state index < -0.39 is 52.8 Å². The van der Waals surface area contributed by atoms with Crippen LogP contribution in [0.5, 0.6) is 0 Å². The number of hydrogen-bond donors (Lipinski definition) is 1. The van der Waals surface area contributed by atoms with Gasteiger partial charge in [0.1, 0.15) is 5.82 Å². The van der Waals surface area contributed by atoms with Crippen LogP contribution in [0.4, 0.5) is 28.0 Å². The number of aromatic nitrogens is 3. The SMILES string of the molecule is CCC[C@H](NC(=O)N1CC(C(F)(F)F)Cc2c1cnn2-c1ccc(F)cc1)c1ccnc(S(C)(=O)=O)c1. The molecule has 1 aliphatic heterocycles. The summed E-state index contributed by atoms with van der Waals surface area (Å²) < 4.78 is 80.2. The fourth-order valence-corrected chi connectivity index (χ4v) is 4.90. The van der Waals surface area contributed by atoms with Crippen LogP contribution in [0.25, 0.3) is 5.69 Å². The molecule has 0 radical (unpaired) electrons. The molecule has 198 valence electrons. The molecule has 2 aromatic heterocycles. The van der Waals surface area contributed by atoms with Crippen molar-refractivity contribution in [2.24, 2.45) is 5.92 Å². The first-order chi connectivity index (χ1) is 17.4. The number of nitrogens with zero attached hydrogens (tertiary/aromatic N) is 4. The third kappa shape index (κ3) is 5.76. The predicted molar refractivity (Wildman–Crippen MR) is 128 cm³/mol. The maximum atomic E-state index is 13.9. The summed E-state index contributed by atoms with van der Waals surface area (Å²) in [5.41, 5.74) is 1.21. The Labute approximate surface area is 211 Å². The minimum atomic E-state index is -4.58. The van der Waals surface area contributed by atoms with Crippen molar-refractivity contribution in [1.29, 1.82) is 0 Å². The van der Waals surface area contributed by atoms with Crippen molar-refractivity contribution >= 4 is 21.6 Å². The van der Waals surface area contributed by atoms with Crippen molar-refractivity contribution in [2.45, 2.75) is 43.4 Å². The molecule has 37 heavy (non-hydrogen) atoms. The Morgan fingerprint density at radius 3 is 2.54 bits per heavy atom. The second kappa shape index (κ2) is 10.1. The highest BCUT2D eigenvalue weighted by molar-refractivity contribution is 7.90. The summed E-state index contributed by atoms with van der Waals surface area (Å²) in [6.45, 7) is 1.25. The minimum absolute atomic E-state index is 0.168. The third-order valence-corrected chi connectivity index (χ3v) is 7.16. The van der Waals surface area contributed by atoms with Gasteiger partial charge in [0.25, 0.3) is 0 Å². The average Bonchev–Trinajstić information content (AvgIpc) is 3.27. The van der Waals surface area contributed by atoms with E-state index in [1.807, 2.05) is 6.92 Å². The summed E-state index contributed by atoms with van der Waals surface area (Å²) >= 11 is 0. The number of amides is 2. The quantitative estimate of drug-likeness (QED) is 0.462. The van der Waals surface area contributed by atoms with Crippen molar-refractivity contribution in [3.63, 3.8) is 0 Å². The zero-order valence-corrected chi connectivity index (χ0v) is 20.9. The van der Waals surface area contributed by atoms with Crippen molar-refractivity contribution in [2.75, 3.05) is 17.7 Å². The lowest BCUT2D eigenvalue weighted by Gasteiger charge is -2.35. The topological polar surface area (TPSA) is 97.2 Å². The third-order valence-electron chi connectivity index (χ3n) is 6.18. The number of anilines is 1. The highest BCUT2D eigenvalue weighted by atomic mass is 32.2. The maximum Gasteiger partial charge on any atom is 0.393 e. The lowest BCUT2D eigenvalue weighted by molar-refractivity contribution is -0.172. The number of alkyl halides is 3. The van der Waals surface area contributed by atoms with Crippen LogP contribution in [0.1, 0.15) is 37.1 Å². The van der Waals surface area contributed by atoms with Gasteiger partial charge in [0.05, 0.1) is 35.2 Å². The summed E-state index contributed by atoms with van der Waals surface area (Å²) in [6, 6.07) is 6.60. The molecule has 0 bridgehead atoms. The van der Waals surface area contributed by atoms with Crippen molar-refractivity contribution in [3.8, 4) is 5.69 Å². The molecule has 3 aromatic rings. The highest BCUT2D eigenvalue weighted by Crippen LogP contribution is 2.39. The molecule has 1 aliphatic rings. The van der Waals surface area contributed by atoms with Gasteiger partial charge >= 0.3 is 12.2 Å². The van der Waals surface area contributed by atoms with E-state index in [1.165, 1.54) is 47.4 Å². The van der Waals surface area contributed by atoms with Gasteiger partial charge in [0.2, 0.25) is 0 Å². The number of urea groups is 1. The van der Waals surface area contributed by atoms with Crippen molar-refractivity contribution in [3.05, 3.63) is 65.9 Å². The monoisotopic (exact) mass is 539 g/mol. The Kier molecular flexibility index (Phi) is 7.27. The molecule has 1 unspecified atom stereocenters. The van der Waals surface area contributed by atoms with Gasteiger partial charge in [0, 0.05) is 25.4 Å². The van der Waals surface area contributed by atoms with E-state index in [9.17, 15) is 30.8 Å². The number of hydrogen-bond acceptors (Lipinski definition) is 5. The molecule has 8 nitrogen and oxygen atoms in total. The fourth-order valence-electron chi connectivity index (χ4n) is 4.30. The van der Waals surface area contributed by atoms with E-state index >= 15 is 0 Å². The Balaban J connectivity index is 1.69. The largest absolute Gasteiger partial charge is 0.393 e. The molecule has 1 N–H and O–H groups in total. The Hall–Kier alpha value is -3.48. The number of sulfone groups is 1. The molecule has 13 heteroatoms. The van der Waals surface area contributed by atoms with Gasteiger partial charge in [-0.05, 0) is 48.4 Å². The Morgan fingerprint density at radius 1 is 1.22 bits per heavy atom. The van der Waals surface area contributed by atoms with Crippen LogP contribution in [-0.4, -0.2) is 48.2 Å². The van der Waals surface area contributed by atoms with E-state index in [1.54, 1.807) is 6.07 Å². The van der Waals surface area contributed by atoms with E-state index in [0.717, 1.165) is 11.2 Å². The molecule has 2 amide bonds. The zero-order valence-electron chi connectivity index (χ0n) is 20.0. The lowest BCUT2D eigenvalue weighted by Crippen LogP contribution is -2.49. The number of benzene rings is 1. The van der Waals surface area contributed by atoms with E-state index in [-0.39, 0.29) is 16.4 Å². The van der Waals surface area contributed by atoms with Gasteiger partial charge in [-0.3, -0.25) is 4.90 Å². The van der Waals surface area contributed by atoms with Gasteiger partial charge in [-0.25, -0.2) is 27.3 Å². The molecule has 0 aliphatic carbocycles. The van der Waals surface area contributed by atoms with Crippen LogP contribution in [0, 0.1) is 11.7 Å². The average molecular weight is 540 g/mol. The van der Waals surface area contributed by atoms with Gasteiger partial charge in [-0.15, -0.1) is 0 Å². The Morgan fingerprint density at radius 2 is 1.92 bits per heavy atom. The normalized spacial score (nSPS) is 16.8. The lowest BCUT2D eigenvalue weighted by atomic mass is 9.96. The zero-order chi connectivity index (χ0) is 27.0. The summed E-state index contributed by atoms with van der Waals surface area (Å²) in [7, 11) is -3.61. The second-order valence-electron chi connectivity index (χ2n) is 8.91. The van der Waals surface area contributed by atoms with Crippen molar-refractivity contribution < 1.29 is 30.8 Å². The van der Waals surface area contributed by atoms with Crippen LogP contribution in [0.15, 0.2) is 53.8 Å². The smallest absolute Gasteiger partial charge is 0.331 e. The van der Waals surface area contributed by atoms with Crippen LogP contribution >= 0.6 is 0 Å². The second-order valence-corrected chi connectivity index (χ2v) is 10.9. The van der Waals surface area contributed by atoms with E-state index in [0.29, 0.717) is 24.1 Å². The molecule has 3 heterocycles. The van der Waals surface area contributed by atoms with Crippen LogP contribution in [-0.2, 0) is 16.3 Å². The van der Waals surface area contributed by atoms with E-state index in [4.69, 9.17) is 0 Å². The number of rotatable bonds is 6. The first-order valence-corrected chi connectivity index (χ1v) is 13.4. The summed E-state index contributed by atoms with van der Waals surface area (Å²) in [6.07, 6.45) is -0.317. The molecular formula is C24H25F4N5O3S. The van der Waals surface area contributed by atoms with Crippen molar-refractivity contribution in [1.82, 2.24) is 20.1 Å². The highest BCUT2D eigenvalue weighted by Gasteiger charge is 2.46. The van der Waals surface area contributed by atoms with Gasteiger partial charge in [0.15, 0.2) is 14.9 Å². The van der Waals surface area contributed by atoms with Crippen LogP contribution in [0.3, 0.4) is 0 Å². The summed E-state index contributed by atoms with van der Waals surface area (Å²) in [5, 5.41) is 6.78. The number of nitrogens with one attached hydrogen (secondary N) is 1. The number of fused-ring (bicyclic) bond motifs is 1. The number of carbonyl (C=O) groups is 1. The van der Waals surface area contributed by atoms with Crippen LogP contribution in [0.2, 0.25) is 0 Å². The number of pyridine rings is 1. The summed E-state index contributed by atoms with van der Waals surface area (Å²) in [4.78, 5) is 18.3. The van der Waals surface area contributed by atoms with Gasteiger partial charge in [-0.1, -0.05) is 13.3 Å². The maximum absolute atomic E-state index is 13.9. The molecule has 0 saturated heterocycles. The van der Waals surface area contributed by atoms with E-state index in [2.05, 4.69) is 15.4 Å². The molecular weight excluding hydrogens is 514 g/mol.